The Labute approximate surface area is 143 Å². The number of carbonyl (C=O) groups excluding carboxylic acids is 1. The highest BCUT2D eigenvalue weighted by molar-refractivity contribution is 7.89. The predicted molar refractivity (Wildman–Crippen MR) is 92.7 cm³/mol. The summed E-state index contributed by atoms with van der Waals surface area (Å²) in [6.45, 7) is 2.05. The van der Waals surface area contributed by atoms with E-state index in [0.717, 1.165) is 18.5 Å². The molecule has 23 heavy (non-hydrogen) atoms. The zero-order chi connectivity index (χ0) is 16.2. The molecule has 1 saturated heterocycles. The third-order valence-corrected chi connectivity index (χ3v) is 5.24. The number of benzene rings is 1. The second-order valence-corrected chi connectivity index (χ2v) is 7.17. The summed E-state index contributed by atoms with van der Waals surface area (Å²) < 4.78 is 25.5. The van der Waals surface area contributed by atoms with Gasteiger partial charge in [-0.3, -0.25) is 4.79 Å². The summed E-state index contributed by atoms with van der Waals surface area (Å²) in [6, 6.07) is 6.36. The molecule has 0 bridgehead atoms. The van der Waals surface area contributed by atoms with Gasteiger partial charge >= 0.3 is 0 Å². The van der Waals surface area contributed by atoms with Crippen LogP contribution in [-0.4, -0.2) is 45.9 Å². The Morgan fingerprint density at radius 1 is 1.39 bits per heavy atom. The fraction of sp³-hybridized carbons (Fsp3) is 0.400. The van der Waals surface area contributed by atoms with Crippen molar-refractivity contribution in [2.75, 3.05) is 26.7 Å². The monoisotopic (exact) mass is 359 g/mol. The van der Waals surface area contributed by atoms with Crippen molar-refractivity contribution >= 4 is 34.4 Å². The van der Waals surface area contributed by atoms with Crippen LogP contribution in [0, 0.1) is 5.92 Å². The Morgan fingerprint density at radius 3 is 2.57 bits per heavy atom. The van der Waals surface area contributed by atoms with E-state index in [9.17, 15) is 13.2 Å². The van der Waals surface area contributed by atoms with Gasteiger partial charge in [0.1, 0.15) is 0 Å². The van der Waals surface area contributed by atoms with Crippen molar-refractivity contribution in [2.24, 2.45) is 11.7 Å². The summed E-state index contributed by atoms with van der Waals surface area (Å²) in [5.41, 5.74) is 6.39. The molecule has 8 heteroatoms. The van der Waals surface area contributed by atoms with Gasteiger partial charge in [0.2, 0.25) is 15.9 Å². The molecule has 6 nitrogen and oxygen atoms in total. The van der Waals surface area contributed by atoms with Gasteiger partial charge in [-0.05, 0) is 49.7 Å². The van der Waals surface area contributed by atoms with Gasteiger partial charge in [0.25, 0.3) is 0 Å². The molecular weight excluding hydrogens is 338 g/mol. The van der Waals surface area contributed by atoms with Gasteiger partial charge in [-0.2, -0.15) is 0 Å². The Hall–Kier alpha value is -1.41. The highest BCUT2D eigenvalue weighted by Crippen LogP contribution is 2.16. The van der Waals surface area contributed by atoms with E-state index in [0.29, 0.717) is 19.0 Å². The fourth-order valence-corrected chi connectivity index (χ4v) is 3.10. The van der Waals surface area contributed by atoms with Gasteiger partial charge < -0.3 is 10.6 Å². The first-order valence-corrected chi connectivity index (χ1v) is 8.65. The molecule has 1 aliphatic heterocycles. The van der Waals surface area contributed by atoms with Crippen molar-refractivity contribution in [1.82, 2.24) is 9.62 Å². The largest absolute Gasteiger partial charge is 0.339 e. The second-order valence-electron chi connectivity index (χ2n) is 5.28. The summed E-state index contributed by atoms with van der Waals surface area (Å²) in [7, 11) is -2.06. The maximum Gasteiger partial charge on any atom is 0.246 e. The summed E-state index contributed by atoms with van der Waals surface area (Å²) in [4.78, 5) is 14.0. The number of sulfonamides is 1. The normalized spacial score (nSPS) is 18.2. The van der Waals surface area contributed by atoms with Crippen molar-refractivity contribution in [2.45, 2.75) is 11.3 Å². The number of hydrogen-bond acceptors (Lipinski definition) is 4. The first kappa shape index (κ1) is 19.6. The average Bonchev–Trinajstić information content (AvgIpc) is 3.02. The lowest BCUT2D eigenvalue weighted by Gasteiger charge is -2.13. The van der Waals surface area contributed by atoms with E-state index in [2.05, 4.69) is 4.72 Å². The maximum absolute atomic E-state index is 12.0. The van der Waals surface area contributed by atoms with E-state index in [4.69, 9.17) is 5.73 Å². The highest BCUT2D eigenvalue weighted by Gasteiger charge is 2.23. The van der Waals surface area contributed by atoms with Gasteiger partial charge in [-0.1, -0.05) is 12.1 Å². The Morgan fingerprint density at radius 2 is 2.04 bits per heavy atom. The van der Waals surface area contributed by atoms with Crippen molar-refractivity contribution in [3.63, 3.8) is 0 Å². The van der Waals surface area contributed by atoms with Gasteiger partial charge in [0.05, 0.1) is 4.90 Å². The number of hydrogen-bond donors (Lipinski definition) is 2. The third-order valence-electron chi connectivity index (χ3n) is 3.81. The predicted octanol–water partition coefficient (Wildman–Crippen LogP) is 0.837. The number of amides is 1. The minimum atomic E-state index is -3.43. The maximum atomic E-state index is 12.0. The number of nitrogens with zero attached hydrogens (tertiary/aromatic N) is 1. The zero-order valence-corrected chi connectivity index (χ0v) is 14.6. The Balaban J connectivity index is 0.00000264. The molecule has 1 aliphatic rings. The molecule has 128 valence electrons. The molecule has 1 aromatic rings. The lowest BCUT2D eigenvalue weighted by molar-refractivity contribution is -0.125. The molecule has 0 aromatic heterocycles. The molecule has 3 N–H and O–H groups in total. The Kier molecular flexibility index (Phi) is 7.21. The van der Waals surface area contributed by atoms with Crippen LogP contribution in [0.4, 0.5) is 0 Å². The molecule has 1 amide bonds. The number of rotatable bonds is 5. The Bertz CT molecular complexity index is 659. The fourth-order valence-electron chi connectivity index (χ4n) is 2.37. The summed E-state index contributed by atoms with van der Waals surface area (Å²) in [6.07, 6.45) is 4.15. The van der Waals surface area contributed by atoms with Crippen LogP contribution in [0.15, 0.2) is 35.2 Å². The van der Waals surface area contributed by atoms with E-state index in [1.54, 1.807) is 23.1 Å². The average molecular weight is 360 g/mol. The molecule has 2 rings (SSSR count). The molecular formula is C15H22ClN3O3S. The van der Waals surface area contributed by atoms with Crippen LogP contribution >= 0.6 is 12.4 Å². The van der Waals surface area contributed by atoms with Crippen molar-refractivity contribution < 1.29 is 13.2 Å². The van der Waals surface area contributed by atoms with Crippen LogP contribution in [-0.2, 0) is 14.8 Å². The number of nitrogens with one attached hydrogen (secondary N) is 1. The molecule has 1 unspecified atom stereocenters. The van der Waals surface area contributed by atoms with Gasteiger partial charge in [-0.25, -0.2) is 13.1 Å². The van der Waals surface area contributed by atoms with E-state index >= 15 is 0 Å². The van der Waals surface area contributed by atoms with Crippen molar-refractivity contribution in [3.8, 4) is 0 Å². The SMILES string of the molecule is CNS(=O)(=O)c1ccc(C=CC(=O)N2CCC(CN)C2)cc1.Cl. The van der Waals surface area contributed by atoms with E-state index in [-0.39, 0.29) is 23.2 Å². The topological polar surface area (TPSA) is 92.5 Å². The standard InChI is InChI=1S/C15H21N3O3S.ClH/c1-17-22(20,21)14-5-2-12(3-6-14)4-7-15(19)18-9-8-13(10-16)11-18;/h2-7,13,17H,8-11,16H2,1H3;1H. The van der Waals surface area contributed by atoms with E-state index < -0.39 is 10.0 Å². The van der Waals surface area contributed by atoms with Crippen LogP contribution in [0.25, 0.3) is 6.08 Å². The number of carbonyl (C=O) groups is 1. The molecule has 0 saturated carbocycles. The molecule has 1 fully saturated rings. The lowest BCUT2D eigenvalue weighted by atomic mass is 10.1. The summed E-state index contributed by atoms with van der Waals surface area (Å²) in [5, 5.41) is 0. The smallest absolute Gasteiger partial charge is 0.246 e. The summed E-state index contributed by atoms with van der Waals surface area (Å²) in [5.74, 6) is 0.353. The molecule has 1 atom stereocenters. The van der Waals surface area contributed by atoms with Crippen LogP contribution in [0.5, 0.6) is 0 Å². The van der Waals surface area contributed by atoms with Crippen molar-refractivity contribution in [1.29, 1.82) is 0 Å². The zero-order valence-electron chi connectivity index (χ0n) is 12.9. The van der Waals surface area contributed by atoms with E-state index in [1.165, 1.54) is 25.3 Å². The number of halogens is 1. The highest BCUT2D eigenvalue weighted by atomic mass is 35.5. The van der Waals surface area contributed by atoms with Crippen LogP contribution in [0.3, 0.4) is 0 Å². The first-order chi connectivity index (χ1) is 10.5. The van der Waals surface area contributed by atoms with Gasteiger partial charge in [0.15, 0.2) is 0 Å². The van der Waals surface area contributed by atoms with Crippen molar-refractivity contribution in [3.05, 3.63) is 35.9 Å². The first-order valence-electron chi connectivity index (χ1n) is 7.17. The molecule has 0 radical (unpaired) electrons. The second kappa shape index (κ2) is 8.44. The van der Waals surface area contributed by atoms with Gasteiger partial charge in [0, 0.05) is 19.2 Å². The molecule has 1 aromatic carbocycles. The van der Waals surface area contributed by atoms with E-state index in [1.807, 2.05) is 0 Å². The molecule has 0 aliphatic carbocycles. The minimum Gasteiger partial charge on any atom is -0.339 e. The van der Waals surface area contributed by atoms with Crippen LogP contribution in [0.2, 0.25) is 0 Å². The molecule has 1 heterocycles. The molecule has 0 spiro atoms. The number of likely N-dealkylation sites (tertiary alicyclic amines) is 1. The third kappa shape index (κ3) is 5.04. The summed E-state index contributed by atoms with van der Waals surface area (Å²) >= 11 is 0. The van der Waals surface area contributed by atoms with Gasteiger partial charge in [-0.15, -0.1) is 12.4 Å². The lowest BCUT2D eigenvalue weighted by Crippen LogP contribution is -2.28. The van der Waals surface area contributed by atoms with Crippen LogP contribution < -0.4 is 10.5 Å². The number of nitrogens with two attached hydrogens (primary N) is 1. The quantitative estimate of drug-likeness (QED) is 0.762. The van der Waals surface area contributed by atoms with Crippen LogP contribution in [0.1, 0.15) is 12.0 Å². The minimum absolute atomic E-state index is 0.